The van der Waals surface area contributed by atoms with E-state index < -0.39 is 5.97 Å². The summed E-state index contributed by atoms with van der Waals surface area (Å²) in [6, 6.07) is 0. The molecule has 0 aliphatic carbocycles. The van der Waals surface area contributed by atoms with Gasteiger partial charge in [-0.3, -0.25) is 4.79 Å². The lowest BCUT2D eigenvalue weighted by atomic mass is 10.2. The van der Waals surface area contributed by atoms with Crippen molar-refractivity contribution in [2.24, 2.45) is 0 Å². The fraction of sp³-hybridized carbons (Fsp3) is 0.944. The number of hydrogen-bond acceptors (Lipinski definition) is 3. The van der Waals surface area contributed by atoms with Crippen molar-refractivity contribution in [1.29, 1.82) is 0 Å². The Bertz CT molecular complexity index is 197. The van der Waals surface area contributed by atoms with Gasteiger partial charge < -0.3 is 5.11 Å². The van der Waals surface area contributed by atoms with Gasteiger partial charge in [-0.25, -0.2) is 10.0 Å². The number of carboxylic acid groups (broad SMARTS) is 1. The van der Waals surface area contributed by atoms with Crippen LogP contribution in [-0.4, -0.2) is 47.3 Å². The number of carboxylic acids is 1. The van der Waals surface area contributed by atoms with Crippen LogP contribution in [0.1, 0.15) is 86.0 Å². The molecular weight excluding hydrogens is 276 g/mol. The first kappa shape index (κ1) is 23.7. The summed E-state index contributed by atoms with van der Waals surface area (Å²) >= 11 is 0. The number of carbonyl (C=O) groups is 1. The number of unbranched alkanes of at least 4 members (excludes halogenated alkanes) is 4. The molecule has 0 radical (unpaired) electrons. The van der Waals surface area contributed by atoms with Crippen LogP contribution in [0.4, 0.5) is 0 Å². The van der Waals surface area contributed by atoms with E-state index in [1.54, 1.807) is 0 Å². The van der Waals surface area contributed by atoms with Gasteiger partial charge in [-0.2, -0.15) is 0 Å². The molecule has 0 aromatic carbocycles. The van der Waals surface area contributed by atoms with E-state index >= 15 is 0 Å². The summed E-state index contributed by atoms with van der Waals surface area (Å²) in [6.45, 7) is 15.3. The topological polar surface area (TPSA) is 43.8 Å². The molecule has 0 amide bonds. The highest BCUT2D eigenvalue weighted by Gasteiger charge is 2.13. The lowest BCUT2D eigenvalue weighted by Crippen LogP contribution is -2.44. The number of hydrazine groups is 1. The normalized spacial score (nSPS) is 10.7. The molecule has 134 valence electrons. The van der Waals surface area contributed by atoms with Crippen molar-refractivity contribution in [3.8, 4) is 0 Å². The van der Waals surface area contributed by atoms with E-state index in [4.69, 9.17) is 9.90 Å². The molecule has 1 N–H and O–H groups in total. The van der Waals surface area contributed by atoms with E-state index in [1.165, 1.54) is 77.5 Å². The number of nitrogens with zero attached hydrogens (tertiary/aromatic N) is 2. The van der Waals surface area contributed by atoms with Crippen LogP contribution in [-0.2, 0) is 4.79 Å². The molecule has 0 aromatic heterocycles. The van der Waals surface area contributed by atoms with Crippen molar-refractivity contribution in [3.05, 3.63) is 0 Å². The van der Waals surface area contributed by atoms with Gasteiger partial charge in [-0.15, -0.1) is 0 Å². The molecule has 4 nitrogen and oxygen atoms in total. The third-order valence-corrected chi connectivity index (χ3v) is 3.48. The maximum atomic E-state index is 9.00. The third kappa shape index (κ3) is 17.4. The second-order valence-corrected chi connectivity index (χ2v) is 5.84. The van der Waals surface area contributed by atoms with Crippen LogP contribution in [0.2, 0.25) is 0 Å². The Morgan fingerprint density at radius 2 is 0.864 bits per heavy atom. The molecule has 0 saturated carbocycles. The van der Waals surface area contributed by atoms with Crippen molar-refractivity contribution < 1.29 is 9.90 Å². The van der Waals surface area contributed by atoms with E-state index in [0.29, 0.717) is 0 Å². The van der Waals surface area contributed by atoms with Gasteiger partial charge in [0.15, 0.2) is 0 Å². The van der Waals surface area contributed by atoms with E-state index in [-0.39, 0.29) is 0 Å². The SMILES string of the molecule is CC(=O)O.CCCCN(CCCC)N(CCCC)CCCC. The van der Waals surface area contributed by atoms with Gasteiger partial charge in [0, 0.05) is 33.1 Å². The molecule has 4 heteroatoms. The molecule has 0 aliphatic heterocycles. The molecule has 22 heavy (non-hydrogen) atoms. The third-order valence-electron chi connectivity index (χ3n) is 3.48. The Kier molecular flexibility index (Phi) is 19.8. The van der Waals surface area contributed by atoms with Gasteiger partial charge in [0.2, 0.25) is 0 Å². The number of hydrogen-bond donors (Lipinski definition) is 1. The Morgan fingerprint density at radius 3 is 1.00 bits per heavy atom. The predicted octanol–water partition coefficient (Wildman–Crippen LogP) is 4.80. The summed E-state index contributed by atoms with van der Waals surface area (Å²) in [5.74, 6) is -0.833. The molecule has 0 fully saturated rings. The van der Waals surface area contributed by atoms with Gasteiger partial charge >= 0.3 is 0 Å². The summed E-state index contributed by atoms with van der Waals surface area (Å²) in [4.78, 5) is 9.00. The Hall–Kier alpha value is -0.610. The van der Waals surface area contributed by atoms with Crippen LogP contribution in [0.5, 0.6) is 0 Å². The first-order valence-corrected chi connectivity index (χ1v) is 9.22. The molecule has 0 aromatic rings. The molecule has 0 heterocycles. The van der Waals surface area contributed by atoms with Crippen LogP contribution in [0, 0.1) is 0 Å². The van der Waals surface area contributed by atoms with Crippen molar-refractivity contribution in [2.75, 3.05) is 26.2 Å². The molecule has 0 aliphatic rings. The average molecular weight is 317 g/mol. The van der Waals surface area contributed by atoms with Gasteiger partial charge in [0.1, 0.15) is 0 Å². The van der Waals surface area contributed by atoms with Gasteiger partial charge in [0.05, 0.1) is 0 Å². The second-order valence-electron chi connectivity index (χ2n) is 5.84. The Labute approximate surface area is 138 Å². The monoisotopic (exact) mass is 316 g/mol. The summed E-state index contributed by atoms with van der Waals surface area (Å²) in [6.07, 6.45) is 10.5. The van der Waals surface area contributed by atoms with Crippen molar-refractivity contribution in [2.45, 2.75) is 86.0 Å². The van der Waals surface area contributed by atoms with E-state index in [9.17, 15) is 0 Å². The predicted molar refractivity (Wildman–Crippen MR) is 96.1 cm³/mol. The number of aliphatic carboxylic acids is 1. The minimum atomic E-state index is -0.833. The van der Waals surface area contributed by atoms with Crippen LogP contribution in [0.15, 0.2) is 0 Å². The van der Waals surface area contributed by atoms with Crippen LogP contribution in [0.25, 0.3) is 0 Å². The molecule has 0 unspecified atom stereocenters. The smallest absolute Gasteiger partial charge is 0.300 e. The summed E-state index contributed by atoms with van der Waals surface area (Å²) in [5, 5.41) is 12.7. The van der Waals surface area contributed by atoms with Crippen molar-refractivity contribution in [1.82, 2.24) is 10.0 Å². The van der Waals surface area contributed by atoms with E-state index in [1.807, 2.05) is 0 Å². The highest BCUT2D eigenvalue weighted by Crippen LogP contribution is 2.08. The van der Waals surface area contributed by atoms with Crippen molar-refractivity contribution >= 4 is 5.97 Å². The number of rotatable bonds is 13. The summed E-state index contributed by atoms with van der Waals surface area (Å²) in [5.41, 5.74) is 0. The quantitative estimate of drug-likeness (QED) is 0.496. The Balaban J connectivity index is 0. The van der Waals surface area contributed by atoms with Crippen LogP contribution >= 0.6 is 0 Å². The van der Waals surface area contributed by atoms with E-state index in [0.717, 1.165) is 6.92 Å². The highest BCUT2D eigenvalue weighted by molar-refractivity contribution is 5.62. The molecule has 0 atom stereocenters. The van der Waals surface area contributed by atoms with Crippen LogP contribution < -0.4 is 0 Å². The highest BCUT2D eigenvalue weighted by atomic mass is 16.4. The zero-order valence-corrected chi connectivity index (χ0v) is 15.7. The molecule has 0 bridgehead atoms. The van der Waals surface area contributed by atoms with Gasteiger partial charge in [-0.1, -0.05) is 53.4 Å². The standard InChI is InChI=1S/C16H36N2.C2H4O2/c1-5-9-13-17(14-10-6-2)18(15-11-7-3)16-12-8-4;1-2(3)4/h5-16H2,1-4H3;1H3,(H,3,4). The maximum absolute atomic E-state index is 9.00. The fourth-order valence-corrected chi connectivity index (χ4v) is 2.15. The summed E-state index contributed by atoms with van der Waals surface area (Å²) in [7, 11) is 0. The molecule has 0 spiro atoms. The van der Waals surface area contributed by atoms with Crippen molar-refractivity contribution in [3.63, 3.8) is 0 Å². The Morgan fingerprint density at radius 1 is 0.682 bits per heavy atom. The first-order valence-electron chi connectivity index (χ1n) is 9.22. The lowest BCUT2D eigenvalue weighted by molar-refractivity contribution is -0.134. The minimum absolute atomic E-state index is 0.833. The van der Waals surface area contributed by atoms with Gasteiger partial charge in [-0.05, 0) is 25.7 Å². The molecular formula is C18H40N2O2. The molecule has 0 rings (SSSR count). The summed E-state index contributed by atoms with van der Waals surface area (Å²) < 4.78 is 0. The lowest BCUT2D eigenvalue weighted by Gasteiger charge is -2.35. The fourth-order valence-electron chi connectivity index (χ4n) is 2.15. The van der Waals surface area contributed by atoms with E-state index in [2.05, 4.69) is 37.7 Å². The van der Waals surface area contributed by atoms with Gasteiger partial charge in [0.25, 0.3) is 5.97 Å². The second kappa shape index (κ2) is 18.4. The minimum Gasteiger partial charge on any atom is -0.481 e. The average Bonchev–Trinajstić information content (AvgIpc) is 2.48. The first-order chi connectivity index (χ1) is 10.5. The van der Waals surface area contributed by atoms with Crippen LogP contribution in [0.3, 0.4) is 0 Å². The largest absolute Gasteiger partial charge is 0.481 e. The maximum Gasteiger partial charge on any atom is 0.300 e. The molecule has 0 saturated heterocycles. The zero-order valence-electron chi connectivity index (χ0n) is 15.7. The zero-order chi connectivity index (χ0) is 17.2.